The van der Waals surface area contributed by atoms with Crippen LogP contribution in [0.3, 0.4) is 0 Å². The van der Waals surface area contributed by atoms with Gasteiger partial charge in [0.05, 0.1) is 0 Å². The molecule has 1 aliphatic carbocycles. The van der Waals surface area contributed by atoms with E-state index in [4.69, 9.17) is 0 Å². The van der Waals surface area contributed by atoms with Gasteiger partial charge >= 0.3 is 0 Å². The topological polar surface area (TPSA) is 3.24 Å². The maximum absolute atomic E-state index is 2.41. The molecular formula is C15H25N. The molecule has 0 fully saturated rings. The molecule has 1 atom stereocenters. The molecule has 16 heavy (non-hydrogen) atoms. The SMILES string of the molecule is C/C(=C\C=C\N(C)C)CC1(C)C=CCCC1. The van der Waals surface area contributed by atoms with Crippen molar-refractivity contribution in [3.63, 3.8) is 0 Å². The highest BCUT2D eigenvalue weighted by atomic mass is 15.0. The summed E-state index contributed by atoms with van der Waals surface area (Å²) >= 11 is 0. The Morgan fingerprint density at radius 1 is 1.44 bits per heavy atom. The molecule has 1 heteroatoms. The molecule has 0 aromatic carbocycles. The summed E-state index contributed by atoms with van der Waals surface area (Å²) in [5.41, 5.74) is 1.86. The lowest BCUT2D eigenvalue weighted by molar-refractivity contribution is 0.361. The third kappa shape index (κ3) is 4.69. The largest absolute Gasteiger partial charge is 0.383 e. The first-order valence-electron chi connectivity index (χ1n) is 6.20. The highest BCUT2D eigenvalue weighted by Gasteiger charge is 2.22. The lowest BCUT2D eigenvalue weighted by atomic mass is 9.76. The summed E-state index contributed by atoms with van der Waals surface area (Å²) < 4.78 is 0. The molecule has 0 bridgehead atoms. The van der Waals surface area contributed by atoms with Gasteiger partial charge in [-0.1, -0.05) is 30.7 Å². The molecule has 0 aromatic rings. The van der Waals surface area contributed by atoms with Crippen LogP contribution in [0.5, 0.6) is 0 Å². The first-order valence-corrected chi connectivity index (χ1v) is 6.20. The van der Waals surface area contributed by atoms with Crippen molar-refractivity contribution in [3.05, 3.63) is 36.1 Å². The van der Waals surface area contributed by atoms with Gasteiger partial charge in [-0.2, -0.15) is 0 Å². The van der Waals surface area contributed by atoms with Gasteiger partial charge in [0, 0.05) is 14.1 Å². The van der Waals surface area contributed by atoms with Gasteiger partial charge in [-0.3, -0.25) is 0 Å². The van der Waals surface area contributed by atoms with E-state index in [1.165, 1.54) is 31.3 Å². The van der Waals surface area contributed by atoms with Crippen molar-refractivity contribution in [1.29, 1.82) is 0 Å². The van der Waals surface area contributed by atoms with Crippen LogP contribution in [0.4, 0.5) is 0 Å². The summed E-state index contributed by atoms with van der Waals surface area (Å²) in [4.78, 5) is 2.06. The highest BCUT2D eigenvalue weighted by molar-refractivity contribution is 5.15. The first kappa shape index (κ1) is 13.1. The first-order chi connectivity index (χ1) is 7.52. The van der Waals surface area contributed by atoms with Crippen LogP contribution in [0.1, 0.15) is 39.5 Å². The van der Waals surface area contributed by atoms with Crippen molar-refractivity contribution in [2.24, 2.45) is 5.41 Å². The summed E-state index contributed by atoms with van der Waals surface area (Å²) in [6, 6.07) is 0. The molecule has 0 spiro atoms. The molecule has 0 heterocycles. The smallest absolute Gasteiger partial charge is 0.00556 e. The molecule has 1 aliphatic rings. The standard InChI is InChI=1S/C15H25N/c1-14(9-8-12-16(3)4)13-15(2)10-6-5-7-11-15/h6,8-10,12H,5,7,11,13H2,1-4H3/b12-8+,14-9+. The van der Waals surface area contributed by atoms with Gasteiger partial charge in [-0.15, -0.1) is 0 Å². The average molecular weight is 219 g/mol. The van der Waals surface area contributed by atoms with E-state index in [0.29, 0.717) is 5.41 Å². The molecule has 0 aliphatic heterocycles. The van der Waals surface area contributed by atoms with E-state index in [1.807, 2.05) is 14.1 Å². The minimum Gasteiger partial charge on any atom is -0.383 e. The fraction of sp³-hybridized carbons (Fsp3) is 0.600. The van der Waals surface area contributed by atoms with Crippen LogP contribution in [-0.2, 0) is 0 Å². The number of rotatable bonds is 4. The minimum absolute atomic E-state index is 0.394. The van der Waals surface area contributed by atoms with Crippen molar-refractivity contribution >= 4 is 0 Å². The van der Waals surface area contributed by atoms with Crippen molar-refractivity contribution in [2.75, 3.05) is 14.1 Å². The zero-order valence-corrected chi connectivity index (χ0v) is 11.2. The maximum atomic E-state index is 2.41. The van der Waals surface area contributed by atoms with E-state index >= 15 is 0 Å². The Balaban J connectivity index is 2.52. The Morgan fingerprint density at radius 2 is 2.19 bits per heavy atom. The predicted octanol–water partition coefficient (Wildman–Crippen LogP) is 4.14. The second kappa shape index (κ2) is 5.93. The molecule has 1 rings (SSSR count). The Hall–Kier alpha value is -0.980. The lowest BCUT2D eigenvalue weighted by Crippen LogP contribution is -2.16. The normalized spacial score (nSPS) is 26.4. The van der Waals surface area contributed by atoms with E-state index in [9.17, 15) is 0 Å². The monoisotopic (exact) mass is 219 g/mol. The van der Waals surface area contributed by atoms with Crippen molar-refractivity contribution in [1.82, 2.24) is 4.90 Å². The van der Waals surface area contributed by atoms with Crippen LogP contribution in [0.15, 0.2) is 36.1 Å². The summed E-state index contributed by atoms with van der Waals surface area (Å²) in [5.74, 6) is 0. The zero-order valence-electron chi connectivity index (χ0n) is 11.2. The van der Waals surface area contributed by atoms with Crippen molar-refractivity contribution in [3.8, 4) is 0 Å². The minimum atomic E-state index is 0.394. The predicted molar refractivity (Wildman–Crippen MR) is 72.3 cm³/mol. The second-order valence-corrected chi connectivity index (χ2v) is 5.44. The fourth-order valence-corrected chi connectivity index (χ4v) is 2.30. The van der Waals surface area contributed by atoms with Crippen LogP contribution in [0.2, 0.25) is 0 Å². The molecule has 0 saturated heterocycles. The number of allylic oxidation sites excluding steroid dienone is 5. The molecule has 0 aromatic heterocycles. The van der Waals surface area contributed by atoms with Gasteiger partial charge in [-0.05, 0) is 50.3 Å². The van der Waals surface area contributed by atoms with Crippen LogP contribution < -0.4 is 0 Å². The summed E-state index contributed by atoms with van der Waals surface area (Å²) in [7, 11) is 4.09. The lowest BCUT2D eigenvalue weighted by Gasteiger charge is -2.29. The molecule has 0 amide bonds. The van der Waals surface area contributed by atoms with Crippen LogP contribution in [0.25, 0.3) is 0 Å². The van der Waals surface area contributed by atoms with Gasteiger partial charge < -0.3 is 4.90 Å². The summed E-state index contributed by atoms with van der Waals surface area (Å²) in [5, 5.41) is 0. The van der Waals surface area contributed by atoms with Crippen LogP contribution in [-0.4, -0.2) is 19.0 Å². The molecule has 1 unspecified atom stereocenters. The zero-order chi connectivity index (χ0) is 12.0. The molecule has 90 valence electrons. The average Bonchev–Trinajstić information content (AvgIpc) is 2.17. The molecule has 0 saturated carbocycles. The van der Waals surface area contributed by atoms with Gasteiger partial charge in [0.25, 0.3) is 0 Å². The van der Waals surface area contributed by atoms with E-state index < -0.39 is 0 Å². The Bertz CT molecular complexity index is 297. The third-order valence-corrected chi connectivity index (χ3v) is 3.09. The van der Waals surface area contributed by atoms with Crippen molar-refractivity contribution < 1.29 is 0 Å². The number of hydrogen-bond acceptors (Lipinski definition) is 1. The van der Waals surface area contributed by atoms with E-state index in [1.54, 1.807) is 0 Å². The maximum Gasteiger partial charge on any atom is 0.00556 e. The third-order valence-electron chi connectivity index (χ3n) is 3.09. The van der Waals surface area contributed by atoms with Gasteiger partial charge in [0.2, 0.25) is 0 Å². The summed E-state index contributed by atoms with van der Waals surface area (Å²) in [6.45, 7) is 4.60. The Morgan fingerprint density at radius 3 is 2.75 bits per heavy atom. The molecule has 0 radical (unpaired) electrons. The van der Waals surface area contributed by atoms with Crippen LogP contribution in [0, 0.1) is 5.41 Å². The fourth-order valence-electron chi connectivity index (χ4n) is 2.30. The summed E-state index contributed by atoms with van der Waals surface area (Å²) in [6.07, 6.45) is 16.3. The van der Waals surface area contributed by atoms with E-state index in [-0.39, 0.29) is 0 Å². The quantitative estimate of drug-likeness (QED) is 0.507. The van der Waals surface area contributed by atoms with Crippen molar-refractivity contribution in [2.45, 2.75) is 39.5 Å². The number of hydrogen-bond donors (Lipinski definition) is 0. The molecule has 1 nitrogen and oxygen atoms in total. The highest BCUT2D eigenvalue weighted by Crippen LogP contribution is 2.36. The van der Waals surface area contributed by atoms with Gasteiger partial charge in [-0.25, -0.2) is 0 Å². The van der Waals surface area contributed by atoms with Gasteiger partial charge in [0.15, 0.2) is 0 Å². The molecule has 0 N–H and O–H groups in total. The Labute approximate surface area is 101 Å². The van der Waals surface area contributed by atoms with Gasteiger partial charge in [0.1, 0.15) is 0 Å². The molecular weight excluding hydrogens is 194 g/mol. The number of nitrogens with zero attached hydrogens (tertiary/aromatic N) is 1. The Kier molecular flexibility index (Phi) is 4.85. The second-order valence-electron chi connectivity index (χ2n) is 5.44. The van der Waals surface area contributed by atoms with Crippen LogP contribution >= 0.6 is 0 Å². The van der Waals surface area contributed by atoms with E-state index in [2.05, 4.69) is 49.3 Å². The van der Waals surface area contributed by atoms with E-state index in [0.717, 1.165) is 0 Å².